The molecule has 0 fully saturated rings. The second-order valence-electron chi connectivity index (χ2n) is 1.01. The molecule has 3 heteroatoms. The van der Waals surface area contributed by atoms with Crippen LogP contribution in [0.5, 0.6) is 0 Å². The molecule has 0 N–H and O–H groups in total. The molecule has 0 bridgehead atoms. The van der Waals surface area contributed by atoms with Crippen molar-refractivity contribution in [3.63, 3.8) is 0 Å². The molecule has 0 aromatic rings. The summed E-state index contributed by atoms with van der Waals surface area (Å²) in [4.78, 5) is 0. The Morgan fingerprint density at radius 3 is 1.40 bits per heavy atom. The van der Waals surface area contributed by atoms with Crippen molar-refractivity contribution in [2.75, 3.05) is 0 Å². The van der Waals surface area contributed by atoms with Gasteiger partial charge in [0.25, 0.3) is 0 Å². The average molecular weight is 186 g/mol. The zero-order valence-corrected chi connectivity index (χ0v) is 7.82. The van der Waals surface area contributed by atoms with Crippen LogP contribution in [-0.4, -0.2) is 8.11 Å². The van der Waals surface area contributed by atoms with Crippen molar-refractivity contribution in [1.29, 1.82) is 0 Å². The zero-order valence-electron chi connectivity index (χ0n) is 3.46. The Balaban J connectivity index is 0. The number of rotatable bonds is 0. The van der Waals surface area contributed by atoms with Crippen LogP contribution >= 0.6 is 11.1 Å². The van der Waals surface area contributed by atoms with E-state index < -0.39 is 8.11 Å². The molecule has 0 saturated heterocycles. The summed E-state index contributed by atoms with van der Waals surface area (Å²) >= 11 is 5.41. The van der Waals surface area contributed by atoms with Gasteiger partial charge >= 0.3 is 0 Å². The van der Waals surface area contributed by atoms with E-state index in [1.807, 2.05) is 0 Å². The van der Waals surface area contributed by atoms with Gasteiger partial charge < -0.3 is 0 Å². The molecule has 5 heavy (non-hydrogen) atoms. The maximum atomic E-state index is 5.41. The van der Waals surface area contributed by atoms with Crippen LogP contribution in [0.2, 0.25) is 13.1 Å². The Bertz CT molecular complexity index is 14.4. The van der Waals surface area contributed by atoms with Gasteiger partial charge in [0, 0.05) is 26.2 Å². The van der Waals surface area contributed by atoms with Crippen molar-refractivity contribution < 1.29 is 26.2 Å². The molecular weight excluding hydrogens is 179 g/mol. The number of hydrogen-bond donors (Lipinski definition) is 0. The first-order valence-corrected chi connectivity index (χ1v) is 5.43. The summed E-state index contributed by atoms with van der Waals surface area (Å²) in [5.74, 6) is 0. The monoisotopic (exact) mass is 184 g/mol. The first kappa shape index (κ1) is 9.63. The topological polar surface area (TPSA) is 0 Å². The average Bonchev–Trinajstić information content (AvgIpc) is 0.811. The second-order valence-corrected chi connectivity index (χ2v) is 5.66. The van der Waals surface area contributed by atoms with Gasteiger partial charge in [0.1, 0.15) is 8.11 Å². The van der Waals surface area contributed by atoms with Gasteiger partial charge in [-0.05, 0) is 0 Å². The standard InChI is InChI=1S/C2H7ClSi.Zr/c1-4(2)3;/h4H,1-2H3;. The quantitative estimate of drug-likeness (QED) is 0.393. The Labute approximate surface area is 58.3 Å². The predicted octanol–water partition coefficient (Wildman–Crippen LogP) is 1.21. The van der Waals surface area contributed by atoms with Gasteiger partial charge in [-0.3, -0.25) is 0 Å². The maximum absolute atomic E-state index is 5.41. The van der Waals surface area contributed by atoms with Crippen molar-refractivity contribution in [3.05, 3.63) is 0 Å². The molecule has 0 aromatic heterocycles. The van der Waals surface area contributed by atoms with E-state index in [0.29, 0.717) is 0 Å². The van der Waals surface area contributed by atoms with Gasteiger partial charge in [-0.1, -0.05) is 13.1 Å². The summed E-state index contributed by atoms with van der Waals surface area (Å²) in [6.07, 6.45) is 0. The van der Waals surface area contributed by atoms with Crippen molar-refractivity contribution in [3.8, 4) is 0 Å². The molecule has 0 aromatic carbocycles. The molecule has 0 aliphatic heterocycles. The van der Waals surface area contributed by atoms with E-state index in [9.17, 15) is 0 Å². The van der Waals surface area contributed by atoms with Gasteiger partial charge in [-0.15, -0.1) is 0 Å². The minimum atomic E-state index is -0.667. The van der Waals surface area contributed by atoms with Crippen molar-refractivity contribution in [1.82, 2.24) is 0 Å². The van der Waals surface area contributed by atoms with Crippen LogP contribution in [0.25, 0.3) is 0 Å². The molecule has 0 nitrogen and oxygen atoms in total. The summed E-state index contributed by atoms with van der Waals surface area (Å²) in [7, 11) is -0.667. The first-order chi connectivity index (χ1) is 1.73. The smallest absolute Gasteiger partial charge is 0.134 e. The summed E-state index contributed by atoms with van der Waals surface area (Å²) in [6.45, 7) is 4.14. The van der Waals surface area contributed by atoms with Crippen LogP contribution in [0.3, 0.4) is 0 Å². The largest absolute Gasteiger partial charge is 0.172 e. The normalized spacial score (nSPS) is 7.20. The van der Waals surface area contributed by atoms with E-state index in [0.717, 1.165) is 0 Å². The Morgan fingerprint density at radius 1 is 1.40 bits per heavy atom. The second kappa shape index (κ2) is 5.39. The molecule has 0 amide bonds. The van der Waals surface area contributed by atoms with E-state index in [1.54, 1.807) is 0 Å². The number of hydrogen-bond acceptors (Lipinski definition) is 0. The third-order valence-corrected chi connectivity index (χ3v) is 0. The van der Waals surface area contributed by atoms with Crippen LogP contribution in [0, 0.1) is 0 Å². The number of halogens is 1. The minimum absolute atomic E-state index is 0. The van der Waals surface area contributed by atoms with E-state index >= 15 is 0 Å². The summed E-state index contributed by atoms with van der Waals surface area (Å²) in [6, 6.07) is 0. The third-order valence-electron chi connectivity index (χ3n) is 0. The summed E-state index contributed by atoms with van der Waals surface area (Å²) in [5.41, 5.74) is 0. The van der Waals surface area contributed by atoms with Gasteiger partial charge in [0.05, 0.1) is 0 Å². The summed E-state index contributed by atoms with van der Waals surface area (Å²) < 4.78 is 0. The molecule has 0 aliphatic rings. The van der Waals surface area contributed by atoms with E-state index in [4.69, 9.17) is 11.1 Å². The summed E-state index contributed by atoms with van der Waals surface area (Å²) in [5, 5.41) is 0. The fourth-order valence-electron chi connectivity index (χ4n) is 0. The Kier molecular flexibility index (Phi) is 10.4. The van der Waals surface area contributed by atoms with Crippen LogP contribution in [0.1, 0.15) is 0 Å². The fraction of sp³-hybridized carbons (Fsp3) is 1.00. The molecule has 0 radical (unpaired) electrons. The fourth-order valence-corrected chi connectivity index (χ4v) is 0. The van der Waals surface area contributed by atoms with Gasteiger partial charge in [-0.2, -0.15) is 11.1 Å². The van der Waals surface area contributed by atoms with Crippen molar-refractivity contribution in [2.24, 2.45) is 0 Å². The molecule has 0 spiro atoms. The molecule has 0 heterocycles. The van der Waals surface area contributed by atoms with E-state index in [-0.39, 0.29) is 26.2 Å². The Hall–Kier alpha value is 1.39. The van der Waals surface area contributed by atoms with E-state index in [2.05, 4.69) is 13.1 Å². The molecule has 0 saturated carbocycles. The Morgan fingerprint density at radius 2 is 1.40 bits per heavy atom. The SMILES string of the molecule is C[SiH](C)Cl.[Zr]. The molecule has 30 valence electrons. The molecule has 0 aliphatic carbocycles. The van der Waals surface area contributed by atoms with Crippen LogP contribution in [0.4, 0.5) is 0 Å². The van der Waals surface area contributed by atoms with E-state index in [1.165, 1.54) is 0 Å². The third kappa shape index (κ3) is 32.1. The van der Waals surface area contributed by atoms with Crippen LogP contribution in [-0.2, 0) is 26.2 Å². The van der Waals surface area contributed by atoms with Gasteiger partial charge in [0.15, 0.2) is 0 Å². The van der Waals surface area contributed by atoms with Crippen molar-refractivity contribution in [2.45, 2.75) is 13.1 Å². The molecule has 0 rings (SSSR count). The van der Waals surface area contributed by atoms with Gasteiger partial charge in [-0.25, -0.2) is 0 Å². The molecule has 0 unspecified atom stereocenters. The predicted molar refractivity (Wildman–Crippen MR) is 24.7 cm³/mol. The molecule has 0 atom stereocenters. The maximum Gasteiger partial charge on any atom is 0.134 e. The first-order valence-electron chi connectivity index (χ1n) is 1.37. The minimum Gasteiger partial charge on any atom is -0.172 e. The van der Waals surface area contributed by atoms with Gasteiger partial charge in [0.2, 0.25) is 0 Å². The van der Waals surface area contributed by atoms with Crippen molar-refractivity contribution >= 4 is 19.2 Å². The molecular formula is C2H7ClSiZr. The zero-order chi connectivity index (χ0) is 3.58. The van der Waals surface area contributed by atoms with Crippen LogP contribution in [0.15, 0.2) is 0 Å². The van der Waals surface area contributed by atoms with Crippen LogP contribution < -0.4 is 0 Å².